The number of nitro groups is 1. The number of nitrogens with zero attached hydrogens (tertiary/aromatic N) is 3. The minimum absolute atomic E-state index is 0.0230. The van der Waals surface area contributed by atoms with Gasteiger partial charge in [0.1, 0.15) is 0 Å². The Balaban J connectivity index is 0.878. The third kappa shape index (κ3) is 8.59. The topological polar surface area (TPSA) is 152 Å². The lowest BCUT2D eigenvalue weighted by Crippen LogP contribution is -2.52. The monoisotopic (exact) mass is 732 g/mol. The van der Waals surface area contributed by atoms with Crippen molar-refractivity contribution < 1.29 is 19.1 Å². The molecule has 2 amide bonds. The number of allylic oxidation sites excluding steroid dienone is 1. The van der Waals surface area contributed by atoms with E-state index in [1.165, 1.54) is 57.4 Å². The van der Waals surface area contributed by atoms with E-state index in [2.05, 4.69) is 67.0 Å². The molecule has 1 heterocycles. The van der Waals surface area contributed by atoms with Crippen LogP contribution in [0.3, 0.4) is 0 Å². The molecule has 0 saturated heterocycles. The van der Waals surface area contributed by atoms with Gasteiger partial charge in [-0.1, -0.05) is 72.0 Å². The highest BCUT2D eigenvalue weighted by atomic mass is 16.6. The molecule has 6 rings (SSSR count). The lowest BCUT2D eigenvalue weighted by molar-refractivity contribution is -0.383. The molecule has 1 aromatic carbocycles. The normalized spacial score (nSPS) is 29.8. The molecule has 0 spiro atoms. The summed E-state index contributed by atoms with van der Waals surface area (Å²) in [5, 5.41) is 28.1. The summed E-state index contributed by atoms with van der Waals surface area (Å²) in [5.74, 6) is 4.96. The Morgan fingerprint density at radius 1 is 0.925 bits per heavy atom. The van der Waals surface area contributed by atoms with Gasteiger partial charge in [0, 0.05) is 38.0 Å². The number of carbonyl (C=O) groups is 2. The number of carbonyl (C=O) groups excluding carboxylic acids is 2. The highest BCUT2D eigenvalue weighted by Crippen LogP contribution is 2.67. The molecule has 3 unspecified atom stereocenters. The quantitative estimate of drug-likeness (QED) is 0.0630. The highest BCUT2D eigenvalue weighted by molar-refractivity contribution is 5.93. The number of hydrogen-bond donors (Lipinski definition) is 3. The largest absolute Gasteiger partial charge is 0.383 e. The molecule has 3 saturated carbocycles. The van der Waals surface area contributed by atoms with E-state index in [4.69, 9.17) is 4.63 Å². The van der Waals surface area contributed by atoms with Crippen LogP contribution in [0, 0.1) is 56.5 Å². The average molecular weight is 733 g/mol. The van der Waals surface area contributed by atoms with Crippen molar-refractivity contribution in [2.24, 2.45) is 46.3 Å². The minimum atomic E-state index is -0.509. The second-order valence-corrected chi connectivity index (χ2v) is 18.0. The highest BCUT2D eigenvalue weighted by Gasteiger charge is 2.59. The lowest BCUT2D eigenvalue weighted by atomic mass is 9.47. The third-order valence-corrected chi connectivity index (χ3v) is 14.3. The van der Waals surface area contributed by atoms with Crippen LogP contribution >= 0.6 is 0 Å². The zero-order valence-electron chi connectivity index (χ0n) is 32.9. The fourth-order valence-electron chi connectivity index (χ4n) is 11.5. The third-order valence-electron chi connectivity index (χ3n) is 14.3. The minimum Gasteiger partial charge on any atom is -0.383 e. The van der Waals surface area contributed by atoms with E-state index in [0.717, 1.165) is 74.0 Å². The Hall–Kier alpha value is -3.50. The summed E-state index contributed by atoms with van der Waals surface area (Å²) in [7, 11) is 0. The first kappa shape index (κ1) is 39.2. The molecule has 8 atom stereocenters. The number of fused-ring (bicyclic) bond motifs is 6. The van der Waals surface area contributed by atoms with Gasteiger partial charge < -0.3 is 16.0 Å². The van der Waals surface area contributed by atoms with Gasteiger partial charge in [0.2, 0.25) is 17.3 Å². The van der Waals surface area contributed by atoms with Crippen LogP contribution in [-0.4, -0.2) is 46.2 Å². The van der Waals surface area contributed by atoms with Crippen LogP contribution in [0.15, 0.2) is 28.4 Å². The van der Waals surface area contributed by atoms with Crippen molar-refractivity contribution in [3.8, 4) is 0 Å². The van der Waals surface area contributed by atoms with E-state index in [0.29, 0.717) is 42.6 Å². The SMILES string of the molecule is CC(C)CCC[C@@H](C)[C@H]1CCC2C3CC=C4C[C@@H](NC(=O)CCNC(=O)CCCCCNc5ccc([N+](=O)[O-])c6nonc56)CC[C@]4(C)C3CC[C@@]21C. The second-order valence-electron chi connectivity index (χ2n) is 18.0. The van der Waals surface area contributed by atoms with Crippen molar-refractivity contribution >= 4 is 34.2 Å². The summed E-state index contributed by atoms with van der Waals surface area (Å²) in [6, 6.07) is 3.17. The molecule has 0 radical (unpaired) electrons. The summed E-state index contributed by atoms with van der Waals surface area (Å²) < 4.78 is 4.71. The van der Waals surface area contributed by atoms with Crippen LogP contribution in [-0.2, 0) is 9.59 Å². The maximum atomic E-state index is 12.9. The van der Waals surface area contributed by atoms with Gasteiger partial charge in [-0.05, 0) is 127 Å². The number of hydrogen-bond acceptors (Lipinski definition) is 8. The van der Waals surface area contributed by atoms with Crippen molar-refractivity contribution in [1.29, 1.82) is 0 Å². The van der Waals surface area contributed by atoms with Gasteiger partial charge in [0.05, 0.1) is 10.6 Å². The molecule has 3 fully saturated rings. The molecular weight excluding hydrogens is 668 g/mol. The van der Waals surface area contributed by atoms with Crippen molar-refractivity contribution in [2.45, 2.75) is 143 Å². The number of amides is 2. The molecule has 4 aliphatic carbocycles. The van der Waals surface area contributed by atoms with E-state index >= 15 is 0 Å². The van der Waals surface area contributed by atoms with Crippen molar-refractivity contribution in [2.75, 3.05) is 18.4 Å². The molecule has 2 aromatic rings. The average Bonchev–Trinajstić information content (AvgIpc) is 3.75. The van der Waals surface area contributed by atoms with Crippen molar-refractivity contribution in [3.63, 3.8) is 0 Å². The van der Waals surface area contributed by atoms with Crippen LogP contribution in [0.25, 0.3) is 11.0 Å². The maximum Gasteiger partial charge on any atom is 0.300 e. The number of aromatic nitrogens is 2. The number of rotatable bonds is 17. The van der Waals surface area contributed by atoms with Gasteiger partial charge in [0.15, 0.2) is 5.52 Å². The first-order chi connectivity index (χ1) is 25.4. The molecule has 11 nitrogen and oxygen atoms in total. The van der Waals surface area contributed by atoms with E-state index in [9.17, 15) is 19.7 Å². The van der Waals surface area contributed by atoms with Crippen LogP contribution < -0.4 is 16.0 Å². The van der Waals surface area contributed by atoms with E-state index in [-0.39, 0.29) is 34.5 Å². The Bertz CT molecular complexity index is 1640. The van der Waals surface area contributed by atoms with Gasteiger partial charge in [0.25, 0.3) is 0 Å². The van der Waals surface area contributed by atoms with Crippen LogP contribution in [0.4, 0.5) is 11.4 Å². The molecule has 292 valence electrons. The zero-order valence-corrected chi connectivity index (χ0v) is 32.9. The summed E-state index contributed by atoms with van der Waals surface area (Å²) in [5.41, 5.74) is 3.29. The number of unbranched alkanes of at least 4 members (excludes halogenated alkanes) is 2. The summed E-state index contributed by atoms with van der Waals surface area (Å²) in [6.45, 7) is 13.5. The van der Waals surface area contributed by atoms with E-state index in [1.54, 1.807) is 11.6 Å². The van der Waals surface area contributed by atoms with Crippen LogP contribution in [0.1, 0.15) is 137 Å². The lowest BCUT2D eigenvalue weighted by Gasteiger charge is -2.58. The van der Waals surface area contributed by atoms with E-state index in [1.807, 2.05) is 0 Å². The number of benzene rings is 1. The first-order valence-corrected chi connectivity index (χ1v) is 20.8. The van der Waals surface area contributed by atoms with Gasteiger partial charge in [-0.15, -0.1) is 0 Å². The standard InChI is InChI=1S/C42H64N6O5/c1-27(2)10-9-11-28(3)32-15-16-33-31-14-13-29-26-30(19-22-41(29,4)34(31)20-23-42(32,33)5)45-38(50)21-25-44-37(49)12-7-6-8-24-43-35-17-18-36(48(51)52)40-39(35)46-53-47-40/h13,17-18,27-28,30-34,43H,6-12,14-16,19-26H2,1-5H3,(H,44,49)(H,45,50)/t28-,30+,31?,32-,33?,34?,41+,42-/m1/s1. The number of anilines is 1. The molecule has 11 heteroatoms. The number of nitrogens with one attached hydrogen (secondary N) is 3. The fraction of sp³-hybridized carbons (Fsp3) is 0.762. The molecule has 4 aliphatic rings. The molecule has 3 N–H and O–H groups in total. The first-order valence-electron chi connectivity index (χ1n) is 20.8. The number of nitro benzene ring substituents is 1. The second kappa shape index (κ2) is 16.9. The van der Waals surface area contributed by atoms with Gasteiger partial charge in [-0.25, -0.2) is 4.63 Å². The van der Waals surface area contributed by atoms with Gasteiger partial charge in [-0.3, -0.25) is 19.7 Å². The molecule has 53 heavy (non-hydrogen) atoms. The maximum absolute atomic E-state index is 12.9. The fourth-order valence-corrected chi connectivity index (χ4v) is 11.5. The summed E-state index contributed by atoms with van der Waals surface area (Å²) >= 11 is 0. The zero-order chi connectivity index (χ0) is 37.8. The molecule has 0 bridgehead atoms. The predicted octanol–water partition coefficient (Wildman–Crippen LogP) is 9.14. The predicted molar refractivity (Wildman–Crippen MR) is 208 cm³/mol. The Morgan fingerprint density at radius 2 is 1.74 bits per heavy atom. The molecule has 1 aromatic heterocycles. The summed E-state index contributed by atoms with van der Waals surface area (Å²) in [6.07, 6.45) is 19.8. The van der Waals surface area contributed by atoms with Gasteiger partial charge >= 0.3 is 5.69 Å². The van der Waals surface area contributed by atoms with Gasteiger partial charge in [-0.2, -0.15) is 0 Å². The molecule has 0 aliphatic heterocycles. The van der Waals surface area contributed by atoms with Crippen LogP contribution in [0.5, 0.6) is 0 Å². The Kier molecular flexibility index (Phi) is 12.5. The Labute approximate surface area is 315 Å². The smallest absolute Gasteiger partial charge is 0.300 e. The van der Waals surface area contributed by atoms with Crippen molar-refractivity contribution in [1.82, 2.24) is 20.9 Å². The number of non-ortho nitro benzene ring substituents is 1. The Morgan fingerprint density at radius 3 is 2.53 bits per heavy atom. The van der Waals surface area contributed by atoms with E-state index < -0.39 is 4.92 Å². The van der Waals surface area contributed by atoms with Crippen LogP contribution in [0.2, 0.25) is 0 Å². The molecular formula is C42H64N6O5. The summed E-state index contributed by atoms with van der Waals surface area (Å²) in [4.78, 5) is 36.0. The van der Waals surface area contributed by atoms with Crippen molar-refractivity contribution in [3.05, 3.63) is 33.9 Å².